The zero-order chi connectivity index (χ0) is 29.1. The highest BCUT2D eigenvalue weighted by atomic mass is 79.9. The Bertz CT molecular complexity index is 1820. The molecule has 0 atom stereocenters. The van der Waals surface area contributed by atoms with Crippen LogP contribution >= 0.6 is 27.7 Å². The summed E-state index contributed by atoms with van der Waals surface area (Å²) in [6, 6.07) is 22.2. The normalized spacial score (nSPS) is 14.6. The molecule has 208 valence electrons. The standard InChI is InChI=1S/C28H19BrN2O8S2/c29-23-16-18(8-13-25(23)39-41(36,37)21-11-9-20(10-12-21)31(34)35)17-26-27(32)30(28(33)40-26)14-15-38-24-7-3-5-19-4-1-2-6-22(19)24/h1-13,16-17H,14-15H2/b26-17-. The fraction of sp³-hybridized carbons (Fsp3) is 0.0714. The first-order chi connectivity index (χ1) is 19.6. The van der Waals surface area contributed by atoms with Gasteiger partial charge in [0, 0.05) is 17.5 Å². The van der Waals surface area contributed by atoms with E-state index in [0.717, 1.165) is 51.7 Å². The lowest BCUT2D eigenvalue weighted by molar-refractivity contribution is -0.384. The van der Waals surface area contributed by atoms with Gasteiger partial charge in [-0.1, -0.05) is 42.5 Å². The van der Waals surface area contributed by atoms with Crippen LogP contribution in [0.5, 0.6) is 11.5 Å². The zero-order valence-corrected chi connectivity index (χ0v) is 24.1. The van der Waals surface area contributed by atoms with Gasteiger partial charge in [0.05, 0.1) is 20.8 Å². The lowest BCUT2D eigenvalue weighted by Crippen LogP contribution is -2.32. The molecular weight excluding hydrogens is 636 g/mol. The second kappa shape index (κ2) is 11.7. The van der Waals surface area contributed by atoms with Crippen molar-refractivity contribution in [3.05, 3.63) is 110 Å². The molecule has 1 fully saturated rings. The van der Waals surface area contributed by atoms with Crippen molar-refractivity contribution < 1.29 is 31.9 Å². The number of rotatable bonds is 9. The first kappa shape index (κ1) is 28.3. The van der Waals surface area contributed by atoms with E-state index in [9.17, 15) is 28.1 Å². The summed E-state index contributed by atoms with van der Waals surface area (Å²) in [5.41, 5.74) is 0.269. The Morgan fingerprint density at radius 3 is 2.41 bits per heavy atom. The van der Waals surface area contributed by atoms with Crippen molar-refractivity contribution in [2.24, 2.45) is 0 Å². The molecular formula is C28H19BrN2O8S2. The Hall–Kier alpha value is -4.20. The van der Waals surface area contributed by atoms with E-state index in [1.54, 1.807) is 0 Å². The summed E-state index contributed by atoms with van der Waals surface area (Å²) in [7, 11) is -4.27. The van der Waals surface area contributed by atoms with E-state index in [4.69, 9.17) is 8.92 Å². The largest absolute Gasteiger partial charge is 0.491 e. The number of non-ortho nitro benzene ring substituents is 1. The third kappa shape index (κ3) is 6.26. The third-order valence-corrected chi connectivity index (χ3v) is 8.76. The van der Waals surface area contributed by atoms with Crippen molar-refractivity contribution in [3.63, 3.8) is 0 Å². The van der Waals surface area contributed by atoms with Gasteiger partial charge < -0.3 is 8.92 Å². The molecule has 0 N–H and O–H groups in total. The number of hydrogen-bond acceptors (Lipinski definition) is 9. The molecule has 4 aromatic rings. The molecule has 0 spiro atoms. The molecule has 0 bridgehead atoms. The number of thioether (sulfide) groups is 1. The van der Waals surface area contributed by atoms with Crippen LogP contribution in [-0.2, 0) is 14.9 Å². The number of nitro groups is 1. The Morgan fingerprint density at radius 1 is 0.951 bits per heavy atom. The number of carbonyl (C=O) groups is 2. The zero-order valence-electron chi connectivity index (χ0n) is 20.9. The van der Waals surface area contributed by atoms with Crippen LogP contribution in [0.2, 0.25) is 0 Å². The molecule has 1 heterocycles. The summed E-state index contributed by atoms with van der Waals surface area (Å²) in [6.07, 6.45) is 1.52. The second-order valence-electron chi connectivity index (χ2n) is 8.64. The predicted octanol–water partition coefficient (Wildman–Crippen LogP) is 6.39. The molecule has 41 heavy (non-hydrogen) atoms. The van der Waals surface area contributed by atoms with Crippen molar-refractivity contribution in [3.8, 4) is 11.5 Å². The fourth-order valence-electron chi connectivity index (χ4n) is 3.99. The van der Waals surface area contributed by atoms with E-state index >= 15 is 0 Å². The average Bonchev–Trinajstić information content (AvgIpc) is 3.22. The molecule has 2 amide bonds. The SMILES string of the molecule is O=C1S/C(=C\c2ccc(OS(=O)(=O)c3ccc([N+](=O)[O-])cc3)c(Br)c2)C(=O)N1CCOc1cccc2ccccc12. The van der Waals surface area contributed by atoms with E-state index in [1.807, 2.05) is 42.5 Å². The Balaban J connectivity index is 1.24. The van der Waals surface area contributed by atoms with E-state index in [-0.39, 0.29) is 38.9 Å². The van der Waals surface area contributed by atoms with E-state index in [2.05, 4.69) is 15.9 Å². The lowest BCUT2D eigenvalue weighted by atomic mass is 10.1. The highest BCUT2D eigenvalue weighted by Crippen LogP contribution is 2.35. The van der Waals surface area contributed by atoms with Gasteiger partial charge in [-0.2, -0.15) is 8.42 Å². The van der Waals surface area contributed by atoms with Crippen molar-refractivity contribution in [2.45, 2.75) is 4.90 Å². The highest BCUT2D eigenvalue weighted by Gasteiger charge is 2.35. The van der Waals surface area contributed by atoms with E-state index in [1.165, 1.54) is 24.3 Å². The van der Waals surface area contributed by atoms with Crippen LogP contribution in [0.25, 0.3) is 16.8 Å². The summed E-state index contributed by atoms with van der Waals surface area (Å²) in [6.45, 7) is 0.197. The first-order valence-electron chi connectivity index (χ1n) is 12.0. The molecule has 5 rings (SSSR count). The van der Waals surface area contributed by atoms with Crippen molar-refractivity contribution in [1.29, 1.82) is 0 Å². The molecule has 4 aromatic carbocycles. The van der Waals surface area contributed by atoms with Gasteiger partial charge in [0.2, 0.25) is 0 Å². The van der Waals surface area contributed by atoms with Crippen LogP contribution in [0.1, 0.15) is 5.56 Å². The van der Waals surface area contributed by atoms with Crippen LogP contribution in [0.4, 0.5) is 10.5 Å². The number of ether oxygens (including phenoxy) is 1. The second-order valence-corrected chi connectivity index (χ2v) is 12.0. The molecule has 0 aliphatic carbocycles. The molecule has 1 aliphatic heterocycles. The number of fused-ring (bicyclic) bond motifs is 1. The summed E-state index contributed by atoms with van der Waals surface area (Å²) in [5, 5.41) is 12.3. The summed E-state index contributed by atoms with van der Waals surface area (Å²) >= 11 is 4.07. The van der Waals surface area contributed by atoms with Gasteiger partial charge in [-0.15, -0.1) is 0 Å². The number of nitrogens with zero attached hydrogens (tertiary/aromatic N) is 2. The number of benzene rings is 4. The van der Waals surface area contributed by atoms with Crippen molar-refractivity contribution >= 4 is 71.5 Å². The van der Waals surface area contributed by atoms with E-state index in [0.29, 0.717) is 11.3 Å². The smallest absolute Gasteiger partial charge is 0.339 e. The van der Waals surface area contributed by atoms with Gasteiger partial charge in [-0.25, -0.2) is 0 Å². The molecule has 0 unspecified atom stereocenters. The van der Waals surface area contributed by atoms with Gasteiger partial charge in [-0.05, 0) is 75.0 Å². The molecule has 13 heteroatoms. The summed E-state index contributed by atoms with van der Waals surface area (Å²) in [5.74, 6) is 0.172. The third-order valence-electron chi connectivity index (χ3n) is 5.99. The Labute approximate surface area is 247 Å². The topological polar surface area (TPSA) is 133 Å². The van der Waals surface area contributed by atoms with Crippen LogP contribution in [0.15, 0.2) is 99.2 Å². The van der Waals surface area contributed by atoms with Gasteiger partial charge >= 0.3 is 10.1 Å². The quantitative estimate of drug-likeness (QED) is 0.0870. The van der Waals surface area contributed by atoms with Crippen LogP contribution in [0.3, 0.4) is 0 Å². The average molecular weight is 656 g/mol. The molecule has 1 aliphatic rings. The van der Waals surface area contributed by atoms with Gasteiger partial charge in [0.25, 0.3) is 16.8 Å². The van der Waals surface area contributed by atoms with Gasteiger partial charge in [-0.3, -0.25) is 24.6 Å². The van der Waals surface area contributed by atoms with Crippen LogP contribution in [0, 0.1) is 10.1 Å². The minimum atomic E-state index is -4.27. The number of nitro benzene ring substituents is 1. The molecule has 0 saturated carbocycles. The summed E-state index contributed by atoms with van der Waals surface area (Å²) in [4.78, 5) is 36.7. The number of amides is 2. The number of imide groups is 1. The number of hydrogen-bond donors (Lipinski definition) is 0. The van der Waals surface area contributed by atoms with Crippen LogP contribution < -0.4 is 8.92 Å². The first-order valence-corrected chi connectivity index (χ1v) is 15.0. The predicted molar refractivity (Wildman–Crippen MR) is 157 cm³/mol. The molecule has 1 saturated heterocycles. The van der Waals surface area contributed by atoms with E-state index < -0.39 is 26.2 Å². The number of carbonyl (C=O) groups excluding carboxylic acids is 2. The fourth-order valence-corrected chi connectivity index (χ4v) is 6.38. The van der Waals surface area contributed by atoms with Crippen LogP contribution in [-0.4, -0.2) is 42.5 Å². The van der Waals surface area contributed by atoms with Gasteiger partial charge in [0.15, 0.2) is 5.75 Å². The monoisotopic (exact) mass is 654 g/mol. The number of halogens is 1. The van der Waals surface area contributed by atoms with Crippen molar-refractivity contribution in [1.82, 2.24) is 4.90 Å². The van der Waals surface area contributed by atoms with Crippen molar-refractivity contribution in [2.75, 3.05) is 13.2 Å². The minimum absolute atomic E-state index is 0.0285. The molecule has 0 radical (unpaired) electrons. The maximum absolute atomic E-state index is 12.9. The molecule has 10 nitrogen and oxygen atoms in total. The summed E-state index contributed by atoms with van der Waals surface area (Å²) < 4.78 is 36.6. The highest BCUT2D eigenvalue weighted by molar-refractivity contribution is 9.10. The maximum atomic E-state index is 12.9. The minimum Gasteiger partial charge on any atom is -0.491 e. The molecule has 0 aromatic heterocycles. The van der Waals surface area contributed by atoms with Gasteiger partial charge in [0.1, 0.15) is 17.3 Å². The maximum Gasteiger partial charge on any atom is 0.339 e. The Kier molecular flexibility index (Phi) is 8.10. The lowest BCUT2D eigenvalue weighted by Gasteiger charge is -2.14. The Morgan fingerprint density at radius 2 is 1.68 bits per heavy atom.